The Kier molecular flexibility index (Phi) is 8.28. The highest BCUT2D eigenvalue weighted by Gasteiger charge is 2.52. The van der Waals surface area contributed by atoms with Crippen LogP contribution < -0.4 is 4.74 Å². The molecule has 12 rings (SSSR count). The second kappa shape index (κ2) is 14.4. The van der Waals surface area contributed by atoms with Crippen molar-refractivity contribution in [2.24, 2.45) is 0 Å². The number of para-hydroxylation sites is 2. The Morgan fingerprint density at radius 3 is 1.27 bits per heavy atom. The van der Waals surface area contributed by atoms with Gasteiger partial charge in [0.05, 0.1) is 16.8 Å². The van der Waals surface area contributed by atoms with Crippen LogP contribution in [0.3, 0.4) is 0 Å². The Morgan fingerprint density at radius 2 is 0.742 bits per heavy atom. The van der Waals surface area contributed by atoms with Crippen molar-refractivity contribution in [1.82, 2.24) is 24.9 Å². The van der Waals surface area contributed by atoms with Crippen molar-refractivity contribution in [1.29, 1.82) is 0 Å². The molecule has 2 aliphatic rings. The van der Waals surface area contributed by atoms with E-state index < -0.39 is 5.41 Å². The maximum atomic E-state index is 6.73. The van der Waals surface area contributed by atoms with Gasteiger partial charge in [0.15, 0.2) is 23.3 Å². The molecule has 2 aromatic heterocycles. The van der Waals surface area contributed by atoms with Crippen LogP contribution in [0.15, 0.2) is 212 Å². The van der Waals surface area contributed by atoms with E-state index in [9.17, 15) is 0 Å². The Hall–Kier alpha value is -8.35. The third-order valence-corrected chi connectivity index (χ3v) is 12.0. The number of aromatic nitrogens is 5. The lowest BCUT2D eigenvalue weighted by atomic mass is 9.66. The summed E-state index contributed by atoms with van der Waals surface area (Å²) in [6.45, 7) is 0. The molecule has 0 amide bonds. The minimum Gasteiger partial charge on any atom is -0.457 e. The number of fused-ring (bicyclic) bond motifs is 9. The van der Waals surface area contributed by atoms with Gasteiger partial charge >= 0.3 is 0 Å². The molecule has 10 aromatic rings. The van der Waals surface area contributed by atoms with Crippen LogP contribution in [-0.4, -0.2) is 24.9 Å². The van der Waals surface area contributed by atoms with Gasteiger partial charge in [-0.1, -0.05) is 188 Å². The van der Waals surface area contributed by atoms with Crippen LogP contribution in [0.5, 0.6) is 11.5 Å². The fraction of sp³-hybridized carbons (Fsp3) is 0.0179. The van der Waals surface area contributed by atoms with E-state index >= 15 is 0 Å². The molecule has 0 unspecified atom stereocenters. The van der Waals surface area contributed by atoms with Crippen molar-refractivity contribution in [3.8, 4) is 90.7 Å². The van der Waals surface area contributed by atoms with E-state index in [4.69, 9.17) is 29.7 Å². The normalized spacial score (nSPS) is 12.8. The lowest BCUT2D eigenvalue weighted by molar-refractivity contribution is 0.436. The zero-order valence-electron chi connectivity index (χ0n) is 33.4. The van der Waals surface area contributed by atoms with Gasteiger partial charge in [-0.15, -0.1) is 0 Å². The van der Waals surface area contributed by atoms with E-state index in [-0.39, 0.29) is 0 Å². The Morgan fingerprint density at radius 1 is 0.290 bits per heavy atom. The largest absolute Gasteiger partial charge is 0.457 e. The van der Waals surface area contributed by atoms with Gasteiger partial charge < -0.3 is 4.74 Å². The maximum absolute atomic E-state index is 6.73. The van der Waals surface area contributed by atoms with Crippen molar-refractivity contribution in [3.63, 3.8) is 0 Å². The fourth-order valence-electron chi connectivity index (χ4n) is 9.29. The van der Waals surface area contributed by atoms with Gasteiger partial charge in [-0.25, -0.2) is 24.9 Å². The molecule has 1 aliphatic heterocycles. The Labute approximate surface area is 359 Å². The van der Waals surface area contributed by atoms with E-state index in [1.807, 2.05) is 84.9 Å². The van der Waals surface area contributed by atoms with Crippen LogP contribution in [0.25, 0.3) is 79.2 Å². The minimum absolute atomic E-state index is 0.590. The molecule has 3 heterocycles. The first kappa shape index (κ1) is 35.6. The van der Waals surface area contributed by atoms with Gasteiger partial charge in [-0.2, -0.15) is 0 Å². The molecular formula is C56H35N5O. The van der Waals surface area contributed by atoms with Crippen LogP contribution in [-0.2, 0) is 5.41 Å². The molecule has 8 aromatic carbocycles. The van der Waals surface area contributed by atoms with Crippen LogP contribution in [0.1, 0.15) is 22.3 Å². The fourth-order valence-corrected chi connectivity index (χ4v) is 9.29. The minimum atomic E-state index is -0.765. The molecular weight excluding hydrogens is 759 g/mol. The van der Waals surface area contributed by atoms with Gasteiger partial charge in [-0.3, -0.25) is 0 Å². The molecule has 0 bridgehead atoms. The highest BCUT2D eigenvalue weighted by molar-refractivity contribution is 5.97. The second-order valence-corrected chi connectivity index (χ2v) is 15.6. The number of hydrogen-bond acceptors (Lipinski definition) is 6. The Bertz CT molecular complexity index is 3160. The molecule has 62 heavy (non-hydrogen) atoms. The first-order valence-electron chi connectivity index (χ1n) is 20.8. The quantitative estimate of drug-likeness (QED) is 0.167. The molecule has 0 atom stereocenters. The maximum Gasteiger partial charge on any atom is 0.164 e. The van der Waals surface area contributed by atoms with Gasteiger partial charge in [-0.05, 0) is 46.5 Å². The van der Waals surface area contributed by atoms with Crippen LogP contribution in [0, 0.1) is 0 Å². The SMILES string of the molecule is c1ccc(-c2cc(-c3ccccc3)nc(-c3cccc4c3-c3ccc(-c5nc(-c6ccccc6)nc(-c6ccccc6)n5)cc3C43c4ccccc4Oc4ccccc43)n2)cc1. The summed E-state index contributed by atoms with van der Waals surface area (Å²) in [5.74, 6) is 4.09. The van der Waals surface area contributed by atoms with Crippen LogP contribution in [0.4, 0.5) is 0 Å². The monoisotopic (exact) mass is 793 g/mol. The van der Waals surface area contributed by atoms with Gasteiger partial charge in [0.2, 0.25) is 0 Å². The third kappa shape index (κ3) is 5.69. The van der Waals surface area contributed by atoms with Crippen molar-refractivity contribution in [2.75, 3.05) is 0 Å². The summed E-state index contributed by atoms with van der Waals surface area (Å²) in [6, 6.07) is 73.0. The van der Waals surface area contributed by atoms with E-state index in [1.165, 1.54) is 0 Å². The summed E-state index contributed by atoms with van der Waals surface area (Å²) >= 11 is 0. The van der Waals surface area contributed by atoms with Crippen molar-refractivity contribution in [2.45, 2.75) is 5.41 Å². The zero-order valence-corrected chi connectivity index (χ0v) is 33.4. The highest BCUT2D eigenvalue weighted by atomic mass is 16.5. The third-order valence-electron chi connectivity index (χ3n) is 12.0. The lowest BCUT2D eigenvalue weighted by Gasteiger charge is -2.39. The molecule has 0 fully saturated rings. The lowest BCUT2D eigenvalue weighted by Crippen LogP contribution is -2.32. The van der Waals surface area contributed by atoms with Crippen molar-refractivity contribution >= 4 is 0 Å². The van der Waals surface area contributed by atoms with Gasteiger partial charge in [0.1, 0.15) is 11.5 Å². The molecule has 0 saturated carbocycles. The molecule has 1 aliphatic carbocycles. The first-order valence-corrected chi connectivity index (χ1v) is 20.8. The van der Waals surface area contributed by atoms with Crippen molar-refractivity contribution < 1.29 is 4.74 Å². The summed E-state index contributed by atoms with van der Waals surface area (Å²) in [5, 5.41) is 0. The molecule has 6 heteroatoms. The summed E-state index contributed by atoms with van der Waals surface area (Å²) in [4.78, 5) is 26.0. The molecule has 6 nitrogen and oxygen atoms in total. The van der Waals surface area contributed by atoms with E-state index in [1.54, 1.807) is 0 Å². The van der Waals surface area contributed by atoms with E-state index in [2.05, 4.69) is 127 Å². The first-order chi connectivity index (χ1) is 30.7. The number of nitrogens with zero attached hydrogens (tertiary/aromatic N) is 5. The standard InChI is InChI=1S/C56H35N5O/c1-5-18-36(19-6-1)47-35-48(37-20-7-2-8-21-37)58-55(57-47)42-26-17-29-45-51(42)41-33-32-40(34-46(41)56(45)43-27-13-15-30-49(43)62-50-31-16-14-28-44(50)56)54-60-52(38-22-9-3-10-23-38)59-53(61-54)39-24-11-4-12-25-39/h1-35H. The molecule has 290 valence electrons. The smallest absolute Gasteiger partial charge is 0.164 e. The predicted molar refractivity (Wildman–Crippen MR) is 245 cm³/mol. The van der Waals surface area contributed by atoms with Crippen LogP contribution >= 0.6 is 0 Å². The summed E-state index contributed by atoms with van der Waals surface area (Å²) in [7, 11) is 0. The average Bonchev–Trinajstić information content (AvgIpc) is 3.65. The summed E-state index contributed by atoms with van der Waals surface area (Å²) in [5.41, 5.74) is 13.2. The molecule has 0 N–H and O–H groups in total. The van der Waals surface area contributed by atoms with Gasteiger partial charge in [0, 0.05) is 44.5 Å². The number of ether oxygens (including phenoxy) is 1. The van der Waals surface area contributed by atoms with Gasteiger partial charge in [0.25, 0.3) is 0 Å². The molecule has 0 saturated heterocycles. The second-order valence-electron chi connectivity index (χ2n) is 15.6. The average molecular weight is 794 g/mol. The topological polar surface area (TPSA) is 73.7 Å². The van der Waals surface area contributed by atoms with E-state index in [0.29, 0.717) is 23.3 Å². The molecule has 0 radical (unpaired) electrons. The summed E-state index contributed by atoms with van der Waals surface area (Å²) in [6.07, 6.45) is 0. The summed E-state index contributed by atoms with van der Waals surface area (Å²) < 4.78 is 6.73. The Balaban J connectivity index is 1.15. The highest BCUT2D eigenvalue weighted by Crippen LogP contribution is 2.63. The van der Waals surface area contributed by atoms with Crippen molar-refractivity contribution in [3.05, 3.63) is 235 Å². The number of benzene rings is 8. The van der Waals surface area contributed by atoms with E-state index in [0.717, 1.165) is 89.6 Å². The molecule has 1 spiro atoms. The van der Waals surface area contributed by atoms with Crippen LogP contribution in [0.2, 0.25) is 0 Å². The number of rotatable bonds is 6. The zero-order chi connectivity index (χ0) is 41.0. The predicted octanol–water partition coefficient (Wildman–Crippen LogP) is 13.1. The number of hydrogen-bond donors (Lipinski definition) is 0.